The van der Waals surface area contributed by atoms with Crippen LogP contribution < -0.4 is 10.6 Å². The number of hydrogen-bond acceptors (Lipinski definition) is 3. The molecule has 0 radical (unpaired) electrons. The molecule has 0 heterocycles. The van der Waals surface area contributed by atoms with Crippen LogP contribution in [0.5, 0.6) is 0 Å². The molecule has 0 saturated heterocycles. The topological polar surface area (TPSA) is 70.7 Å². The van der Waals surface area contributed by atoms with E-state index < -0.39 is 5.60 Å². The Labute approximate surface area is 148 Å². The van der Waals surface area contributed by atoms with Crippen molar-refractivity contribution in [3.05, 3.63) is 35.6 Å². The van der Waals surface area contributed by atoms with Crippen molar-refractivity contribution in [1.29, 1.82) is 0 Å². The molecule has 1 atom stereocenters. The molecule has 0 saturated carbocycles. The molecule has 0 fully saturated rings. The number of benzene rings is 1. The summed E-state index contributed by atoms with van der Waals surface area (Å²) in [7, 11) is 1.66. The van der Waals surface area contributed by atoms with Crippen molar-refractivity contribution in [2.45, 2.75) is 45.8 Å². The smallest absolute Gasteiger partial charge is 0.410 e. The molecule has 0 aliphatic heterocycles. The number of rotatable bonds is 6. The molecule has 1 aromatic rings. The number of halogens is 1. The monoisotopic (exact) mass is 353 g/mol. The number of nitrogens with one attached hydrogen (secondary N) is 2. The van der Waals surface area contributed by atoms with Crippen LogP contribution in [0, 0.1) is 5.82 Å². The van der Waals surface area contributed by atoms with Crippen LogP contribution in [-0.2, 0) is 4.74 Å². The van der Waals surface area contributed by atoms with Gasteiger partial charge in [-0.1, -0.05) is 12.1 Å². The van der Waals surface area contributed by atoms with Crippen molar-refractivity contribution in [2.75, 3.05) is 20.1 Å². The minimum atomic E-state index is -0.528. The SMILES string of the molecule is C[C@H](NC(=O)NCCCN(C)C(=O)OC(C)(C)C)c1ccc(F)cc1. The summed E-state index contributed by atoms with van der Waals surface area (Å²) in [6.45, 7) is 8.16. The second-order valence-corrected chi connectivity index (χ2v) is 6.93. The predicted octanol–water partition coefficient (Wildman–Crippen LogP) is 3.44. The summed E-state index contributed by atoms with van der Waals surface area (Å²) in [5, 5.41) is 5.51. The van der Waals surface area contributed by atoms with Crippen molar-refractivity contribution >= 4 is 12.1 Å². The van der Waals surface area contributed by atoms with Crippen LogP contribution in [0.1, 0.15) is 45.7 Å². The molecule has 25 heavy (non-hydrogen) atoms. The zero-order valence-electron chi connectivity index (χ0n) is 15.6. The maximum atomic E-state index is 12.9. The molecular weight excluding hydrogens is 325 g/mol. The number of amides is 3. The third-order valence-electron chi connectivity index (χ3n) is 3.38. The Bertz CT molecular complexity index is 570. The van der Waals surface area contributed by atoms with E-state index in [1.807, 2.05) is 27.7 Å². The number of ether oxygens (including phenoxy) is 1. The third-order valence-corrected chi connectivity index (χ3v) is 3.38. The minimum Gasteiger partial charge on any atom is -0.444 e. The lowest BCUT2D eigenvalue weighted by atomic mass is 10.1. The van der Waals surface area contributed by atoms with Crippen LogP contribution in [0.4, 0.5) is 14.0 Å². The van der Waals surface area contributed by atoms with Crippen LogP contribution in [0.25, 0.3) is 0 Å². The fourth-order valence-corrected chi connectivity index (χ4v) is 2.03. The highest BCUT2D eigenvalue weighted by atomic mass is 19.1. The second kappa shape index (κ2) is 9.25. The average Bonchev–Trinajstić information content (AvgIpc) is 2.50. The summed E-state index contributed by atoms with van der Waals surface area (Å²) in [5.74, 6) is -0.311. The van der Waals surface area contributed by atoms with E-state index in [0.29, 0.717) is 19.5 Å². The average molecular weight is 353 g/mol. The van der Waals surface area contributed by atoms with Gasteiger partial charge in [-0.05, 0) is 51.8 Å². The lowest BCUT2D eigenvalue weighted by molar-refractivity contribution is 0.0298. The van der Waals surface area contributed by atoms with Crippen molar-refractivity contribution in [1.82, 2.24) is 15.5 Å². The molecule has 7 heteroatoms. The first-order valence-electron chi connectivity index (χ1n) is 8.32. The van der Waals surface area contributed by atoms with E-state index in [1.165, 1.54) is 17.0 Å². The van der Waals surface area contributed by atoms with E-state index in [4.69, 9.17) is 4.74 Å². The standard InChI is InChI=1S/C18H28FN3O3/c1-13(14-7-9-15(19)10-8-14)21-16(23)20-11-6-12-22(5)17(24)25-18(2,3)4/h7-10,13H,6,11-12H2,1-5H3,(H2,20,21,23)/t13-/m0/s1. The highest BCUT2D eigenvalue weighted by Crippen LogP contribution is 2.12. The molecule has 6 nitrogen and oxygen atoms in total. The van der Waals surface area contributed by atoms with Gasteiger partial charge in [0.2, 0.25) is 0 Å². The second-order valence-electron chi connectivity index (χ2n) is 6.93. The maximum Gasteiger partial charge on any atom is 0.410 e. The summed E-state index contributed by atoms with van der Waals surface area (Å²) < 4.78 is 18.1. The highest BCUT2D eigenvalue weighted by molar-refractivity contribution is 5.74. The molecule has 1 rings (SSSR count). The first kappa shape index (κ1) is 20.7. The number of carbonyl (C=O) groups is 2. The van der Waals surface area contributed by atoms with Crippen molar-refractivity contribution in [3.63, 3.8) is 0 Å². The van der Waals surface area contributed by atoms with E-state index in [-0.39, 0.29) is 24.0 Å². The Kier molecular flexibility index (Phi) is 7.67. The van der Waals surface area contributed by atoms with Crippen molar-refractivity contribution < 1.29 is 18.7 Å². The first-order valence-corrected chi connectivity index (χ1v) is 8.32. The zero-order chi connectivity index (χ0) is 19.0. The van der Waals surface area contributed by atoms with Crippen molar-refractivity contribution in [3.8, 4) is 0 Å². The molecule has 2 N–H and O–H groups in total. The Balaban J connectivity index is 2.26. The number of carbonyl (C=O) groups excluding carboxylic acids is 2. The van der Waals surface area contributed by atoms with Crippen LogP contribution in [0.15, 0.2) is 24.3 Å². The summed E-state index contributed by atoms with van der Waals surface area (Å²) in [5.41, 5.74) is 0.293. The lowest BCUT2D eigenvalue weighted by Crippen LogP contribution is -2.39. The first-order chi connectivity index (χ1) is 11.6. The Morgan fingerprint density at radius 1 is 1.24 bits per heavy atom. The van der Waals surface area contributed by atoms with E-state index in [9.17, 15) is 14.0 Å². The van der Waals surface area contributed by atoms with Gasteiger partial charge in [0.15, 0.2) is 0 Å². The summed E-state index contributed by atoms with van der Waals surface area (Å²) in [6, 6.07) is 5.45. The molecule has 0 aliphatic rings. The van der Waals surface area contributed by atoms with Gasteiger partial charge >= 0.3 is 12.1 Å². The number of urea groups is 1. The number of hydrogen-bond donors (Lipinski definition) is 2. The maximum absolute atomic E-state index is 12.9. The quantitative estimate of drug-likeness (QED) is 0.770. The minimum absolute atomic E-state index is 0.231. The summed E-state index contributed by atoms with van der Waals surface area (Å²) in [6.07, 6.45) is 0.218. The largest absolute Gasteiger partial charge is 0.444 e. The van der Waals surface area contributed by atoms with Gasteiger partial charge in [-0.25, -0.2) is 14.0 Å². The van der Waals surface area contributed by atoms with Gasteiger partial charge in [0.05, 0.1) is 6.04 Å². The van der Waals surface area contributed by atoms with Gasteiger partial charge in [-0.2, -0.15) is 0 Å². The van der Waals surface area contributed by atoms with Crippen LogP contribution in [0.3, 0.4) is 0 Å². The van der Waals surface area contributed by atoms with E-state index in [2.05, 4.69) is 10.6 Å². The molecule has 0 spiro atoms. The summed E-state index contributed by atoms with van der Waals surface area (Å²) in [4.78, 5) is 25.1. The Morgan fingerprint density at radius 2 is 1.84 bits per heavy atom. The zero-order valence-corrected chi connectivity index (χ0v) is 15.6. The van der Waals surface area contributed by atoms with E-state index in [0.717, 1.165) is 5.56 Å². The molecule has 0 unspecified atom stereocenters. The van der Waals surface area contributed by atoms with Gasteiger partial charge in [-0.15, -0.1) is 0 Å². The van der Waals surface area contributed by atoms with E-state index >= 15 is 0 Å². The predicted molar refractivity (Wildman–Crippen MR) is 94.8 cm³/mol. The highest BCUT2D eigenvalue weighted by Gasteiger charge is 2.19. The molecule has 140 valence electrons. The molecule has 0 aromatic heterocycles. The third kappa shape index (κ3) is 8.37. The molecule has 0 bridgehead atoms. The fourth-order valence-electron chi connectivity index (χ4n) is 2.03. The molecule has 3 amide bonds. The van der Waals surface area contributed by atoms with Crippen LogP contribution >= 0.6 is 0 Å². The van der Waals surface area contributed by atoms with Gasteiger partial charge < -0.3 is 20.3 Å². The summed E-state index contributed by atoms with van der Waals surface area (Å²) >= 11 is 0. The molecular formula is C18H28FN3O3. The Hall–Kier alpha value is -2.31. The molecule has 1 aromatic carbocycles. The normalized spacial score (nSPS) is 12.2. The van der Waals surface area contributed by atoms with Gasteiger partial charge in [-0.3, -0.25) is 0 Å². The van der Waals surface area contributed by atoms with Crippen LogP contribution in [0.2, 0.25) is 0 Å². The van der Waals surface area contributed by atoms with Gasteiger partial charge in [0.25, 0.3) is 0 Å². The molecule has 0 aliphatic carbocycles. The lowest BCUT2D eigenvalue weighted by Gasteiger charge is -2.24. The van der Waals surface area contributed by atoms with E-state index in [1.54, 1.807) is 19.2 Å². The number of nitrogens with zero attached hydrogens (tertiary/aromatic N) is 1. The van der Waals surface area contributed by atoms with Gasteiger partial charge in [0, 0.05) is 20.1 Å². The van der Waals surface area contributed by atoms with Gasteiger partial charge in [0.1, 0.15) is 11.4 Å². The van der Waals surface area contributed by atoms with Crippen molar-refractivity contribution in [2.24, 2.45) is 0 Å². The Morgan fingerprint density at radius 3 is 2.40 bits per heavy atom. The van der Waals surface area contributed by atoms with Crippen LogP contribution in [-0.4, -0.2) is 42.8 Å². The fraction of sp³-hybridized carbons (Fsp3) is 0.556.